The van der Waals surface area contributed by atoms with Crippen LogP contribution in [0.25, 0.3) is 77.8 Å². The van der Waals surface area contributed by atoms with E-state index in [2.05, 4.69) is 184 Å². The molecule has 0 aliphatic heterocycles. The summed E-state index contributed by atoms with van der Waals surface area (Å²) in [6.45, 7) is 1.93. The van der Waals surface area contributed by atoms with Gasteiger partial charge in [0.1, 0.15) is 5.82 Å². The van der Waals surface area contributed by atoms with Crippen molar-refractivity contribution < 1.29 is 0 Å². The van der Waals surface area contributed by atoms with Crippen molar-refractivity contribution in [3.63, 3.8) is 0 Å². The summed E-state index contributed by atoms with van der Waals surface area (Å²) in [6, 6.07) is 70.8. The fourth-order valence-corrected chi connectivity index (χ4v) is 8.51. The van der Waals surface area contributed by atoms with Gasteiger partial charge in [-0.15, -0.1) is 0 Å². The van der Waals surface area contributed by atoms with Gasteiger partial charge >= 0.3 is 0 Å². The minimum Gasteiger partial charge on any atom is -0.310 e. The van der Waals surface area contributed by atoms with Crippen LogP contribution in [0, 0.1) is 6.92 Å². The van der Waals surface area contributed by atoms with Crippen LogP contribution < -0.4 is 4.90 Å². The standard InChI is InChI=1S/C52H36N6/c1-35-53-51(37-16-5-2-6-17-37)55-52(54-35)58-48-27-14-11-22-43(48)45-25-15-24-42(50(45)58)36-28-30-40(31-29-36)56(38-18-7-3-8-19-38)41-32-33-49-46(34-41)44-23-12-13-26-47(44)57(49)39-20-9-4-10-21-39/h2-34H,1H3. The second-order valence-electron chi connectivity index (χ2n) is 14.5. The summed E-state index contributed by atoms with van der Waals surface area (Å²) in [5.41, 5.74) is 12.0. The van der Waals surface area contributed by atoms with Gasteiger partial charge in [0, 0.05) is 55.4 Å². The highest BCUT2D eigenvalue weighted by Crippen LogP contribution is 2.42. The van der Waals surface area contributed by atoms with E-state index in [1.165, 1.54) is 21.8 Å². The first-order chi connectivity index (χ1) is 28.7. The van der Waals surface area contributed by atoms with Gasteiger partial charge in [0.2, 0.25) is 5.95 Å². The number of para-hydroxylation sites is 5. The SMILES string of the molecule is Cc1nc(-c2ccccc2)nc(-n2c3ccccc3c3cccc(-c4ccc(N(c5ccccc5)c5ccc6c(c5)c5ccccc5n6-c5ccccc5)cc4)c32)n1. The van der Waals surface area contributed by atoms with Gasteiger partial charge in [0.15, 0.2) is 5.82 Å². The van der Waals surface area contributed by atoms with Crippen LogP contribution in [0.2, 0.25) is 0 Å². The topological polar surface area (TPSA) is 51.8 Å². The third kappa shape index (κ3) is 5.53. The molecule has 0 amide bonds. The lowest BCUT2D eigenvalue weighted by molar-refractivity contribution is 0.907. The largest absolute Gasteiger partial charge is 0.310 e. The van der Waals surface area contributed by atoms with E-state index < -0.39 is 0 Å². The van der Waals surface area contributed by atoms with Crippen LogP contribution >= 0.6 is 0 Å². The summed E-state index contributed by atoms with van der Waals surface area (Å²) in [7, 11) is 0. The molecule has 0 bridgehead atoms. The average Bonchev–Trinajstić information content (AvgIpc) is 3.80. The van der Waals surface area contributed by atoms with Crippen LogP contribution in [-0.2, 0) is 0 Å². The number of fused-ring (bicyclic) bond motifs is 6. The van der Waals surface area contributed by atoms with E-state index >= 15 is 0 Å². The molecule has 0 N–H and O–H groups in total. The number of nitrogens with zero attached hydrogens (tertiary/aromatic N) is 6. The molecule has 0 atom stereocenters. The van der Waals surface area contributed by atoms with Crippen molar-refractivity contribution in [2.45, 2.75) is 6.92 Å². The Hall–Kier alpha value is -7.83. The van der Waals surface area contributed by atoms with Gasteiger partial charge in [0.05, 0.1) is 22.1 Å². The van der Waals surface area contributed by atoms with Gasteiger partial charge < -0.3 is 9.47 Å². The summed E-state index contributed by atoms with van der Waals surface area (Å²) in [4.78, 5) is 17.1. The minimum absolute atomic E-state index is 0.598. The van der Waals surface area contributed by atoms with Crippen LogP contribution in [0.3, 0.4) is 0 Å². The van der Waals surface area contributed by atoms with E-state index in [4.69, 9.17) is 15.0 Å². The summed E-state index contributed by atoms with van der Waals surface area (Å²) in [6.07, 6.45) is 0. The molecule has 6 heteroatoms. The lowest BCUT2D eigenvalue weighted by Crippen LogP contribution is -2.09. The quantitative estimate of drug-likeness (QED) is 0.163. The van der Waals surface area contributed by atoms with Gasteiger partial charge in [0.25, 0.3) is 0 Å². The van der Waals surface area contributed by atoms with Crippen LogP contribution in [0.4, 0.5) is 17.1 Å². The molecule has 58 heavy (non-hydrogen) atoms. The molecule has 0 saturated heterocycles. The van der Waals surface area contributed by atoms with E-state index in [0.717, 1.165) is 61.2 Å². The Morgan fingerprint density at radius 3 is 1.71 bits per heavy atom. The molecule has 0 aliphatic rings. The Kier molecular flexibility index (Phi) is 7.93. The smallest absolute Gasteiger partial charge is 0.238 e. The average molecular weight is 745 g/mol. The Labute approximate surface area is 335 Å². The minimum atomic E-state index is 0.598. The molecule has 0 fully saturated rings. The van der Waals surface area contributed by atoms with E-state index in [0.29, 0.717) is 17.6 Å². The molecule has 11 rings (SSSR count). The van der Waals surface area contributed by atoms with Crippen molar-refractivity contribution in [1.29, 1.82) is 0 Å². The maximum Gasteiger partial charge on any atom is 0.238 e. The van der Waals surface area contributed by atoms with Crippen LogP contribution in [0.5, 0.6) is 0 Å². The van der Waals surface area contributed by atoms with Crippen molar-refractivity contribution in [3.05, 3.63) is 206 Å². The summed E-state index contributed by atoms with van der Waals surface area (Å²) >= 11 is 0. The molecule has 8 aromatic carbocycles. The normalized spacial score (nSPS) is 11.5. The zero-order valence-electron chi connectivity index (χ0n) is 31.7. The zero-order valence-corrected chi connectivity index (χ0v) is 31.7. The Morgan fingerprint density at radius 2 is 0.966 bits per heavy atom. The predicted octanol–water partition coefficient (Wildman–Crippen LogP) is 13.2. The van der Waals surface area contributed by atoms with Gasteiger partial charge in [-0.1, -0.05) is 133 Å². The van der Waals surface area contributed by atoms with E-state index in [9.17, 15) is 0 Å². The van der Waals surface area contributed by atoms with Crippen molar-refractivity contribution in [2.24, 2.45) is 0 Å². The van der Waals surface area contributed by atoms with Crippen LogP contribution in [-0.4, -0.2) is 24.1 Å². The monoisotopic (exact) mass is 744 g/mol. The van der Waals surface area contributed by atoms with Gasteiger partial charge in [-0.3, -0.25) is 4.57 Å². The number of aromatic nitrogens is 5. The van der Waals surface area contributed by atoms with E-state index in [1.807, 2.05) is 37.3 Å². The summed E-state index contributed by atoms with van der Waals surface area (Å²) in [5, 5.41) is 4.72. The second-order valence-corrected chi connectivity index (χ2v) is 14.5. The van der Waals surface area contributed by atoms with Gasteiger partial charge in [-0.2, -0.15) is 9.97 Å². The molecule has 11 aromatic rings. The Morgan fingerprint density at radius 1 is 0.397 bits per heavy atom. The highest BCUT2D eigenvalue weighted by atomic mass is 15.2. The maximum absolute atomic E-state index is 5.08. The first-order valence-corrected chi connectivity index (χ1v) is 19.5. The van der Waals surface area contributed by atoms with Gasteiger partial charge in [-0.05, 0) is 79.2 Å². The highest BCUT2D eigenvalue weighted by Gasteiger charge is 2.21. The van der Waals surface area contributed by atoms with Crippen molar-refractivity contribution in [3.8, 4) is 34.2 Å². The number of aryl methyl sites for hydroxylation is 1. The number of benzene rings is 8. The molecule has 0 radical (unpaired) electrons. The number of rotatable bonds is 7. The Balaban J connectivity index is 1.06. The third-order valence-electron chi connectivity index (χ3n) is 11.0. The summed E-state index contributed by atoms with van der Waals surface area (Å²) in [5.74, 6) is 1.92. The molecular formula is C52H36N6. The van der Waals surface area contributed by atoms with Crippen LogP contribution in [0.15, 0.2) is 200 Å². The number of hydrogen-bond donors (Lipinski definition) is 0. The fraction of sp³-hybridized carbons (Fsp3) is 0.0192. The van der Waals surface area contributed by atoms with Gasteiger partial charge in [-0.25, -0.2) is 4.98 Å². The maximum atomic E-state index is 5.08. The number of anilines is 3. The van der Waals surface area contributed by atoms with Crippen molar-refractivity contribution in [1.82, 2.24) is 24.1 Å². The molecule has 0 saturated carbocycles. The third-order valence-corrected chi connectivity index (χ3v) is 11.0. The molecule has 0 aliphatic carbocycles. The van der Waals surface area contributed by atoms with Crippen molar-refractivity contribution in [2.75, 3.05) is 4.90 Å². The second kappa shape index (κ2) is 13.7. The highest BCUT2D eigenvalue weighted by molar-refractivity contribution is 6.14. The lowest BCUT2D eigenvalue weighted by atomic mass is 10.0. The fourth-order valence-electron chi connectivity index (χ4n) is 8.51. The molecule has 0 unspecified atom stereocenters. The number of hydrogen-bond acceptors (Lipinski definition) is 4. The zero-order chi connectivity index (χ0) is 38.6. The molecular weight excluding hydrogens is 709 g/mol. The Bertz CT molecular complexity index is 3280. The van der Waals surface area contributed by atoms with Crippen molar-refractivity contribution >= 4 is 60.7 Å². The predicted molar refractivity (Wildman–Crippen MR) is 239 cm³/mol. The molecule has 3 heterocycles. The molecule has 274 valence electrons. The summed E-state index contributed by atoms with van der Waals surface area (Å²) < 4.78 is 4.56. The van der Waals surface area contributed by atoms with E-state index in [-0.39, 0.29) is 0 Å². The molecule has 3 aromatic heterocycles. The first kappa shape index (κ1) is 33.5. The van der Waals surface area contributed by atoms with E-state index in [1.54, 1.807) is 0 Å². The van der Waals surface area contributed by atoms with Crippen LogP contribution in [0.1, 0.15) is 5.82 Å². The first-order valence-electron chi connectivity index (χ1n) is 19.5. The molecule has 6 nitrogen and oxygen atoms in total. The lowest BCUT2D eigenvalue weighted by Gasteiger charge is -2.26. The molecule has 0 spiro atoms.